The minimum atomic E-state index is 0.441. The summed E-state index contributed by atoms with van der Waals surface area (Å²) < 4.78 is 11.9. The summed E-state index contributed by atoms with van der Waals surface area (Å²) in [4.78, 5) is 4.34. The molecule has 2 rings (SSSR count). The predicted molar refractivity (Wildman–Crippen MR) is 75.5 cm³/mol. The van der Waals surface area contributed by atoms with Gasteiger partial charge >= 0.3 is 0 Å². The summed E-state index contributed by atoms with van der Waals surface area (Å²) in [6.07, 6.45) is 2.68. The van der Waals surface area contributed by atoms with E-state index in [1.54, 1.807) is 11.8 Å². The lowest BCUT2D eigenvalue weighted by molar-refractivity contribution is 0.199. The van der Waals surface area contributed by atoms with E-state index in [9.17, 15) is 0 Å². The molecule has 0 radical (unpaired) electrons. The summed E-state index contributed by atoms with van der Waals surface area (Å²) in [6.45, 7) is 6.80. The van der Waals surface area contributed by atoms with Gasteiger partial charge < -0.3 is 14.6 Å². The number of hydrogen-bond acceptors (Lipinski definition) is 7. The lowest BCUT2D eigenvalue weighted by Crippen LogP contribution is -2.18. The van der Waals surface area contributed by atoms with Crippen LogP contribution in [-0.4, -0.2) is 45.4 Å². The topological polar surface area (TPSA) is 90.9 Å². The Hall–Kier alpha value is -1.80. The Balaban J connectivity index is 1.83. The molecule has 8 heteroatoms. The van der Waals surface area contributed by atoms with E-state index in [-0.39, 0.29) is 0 Å². The van der Waals surface area contributed by atoms with Crippen LogP contribution in [0.1, 0.15) is 31.3 Å². The fraction of sp³-hybridized carbons (Fsp3) is 0.692. The monoisotopic (exact) mass is 294 g/mol. The first kappa shape index (κ1) is 15.6. The Morgan fingerprint density at radius 3 is 3.05 bits per heavy atom. The summed E-state index contributed by atoms with van der Waals surface area (Å²) in [7, 11) is 1.68. The van der Waals surface area contributed by atoms with Crippen LogP contribution in [0.15, 0.2) is 10.7 Å². The molecule has 21 heavy (non-hydrogen) atoms. The highest BCUT2D eigenvalue weighted by Crippen LogP contribution is 2.06. The molecule has 0 atom stereocenters. The smallest absolute Gasteiger partial charge is 0.248 e. The Labute approximate surface area is 123 Å². The highest BCUT2D eigenvalue weighted by Gasteiger charge is 2.09. The standard InChI is InChI=1S/C13H22N6O2/c1-10(2)6-12-15-13(21-17-12)9-19-8-11(16-18-19)7-14-4-5-20-3/h8,10,14H,4-7,9H2,1-3H3. The minimum absolute atomic E-state index is 0.441. The van der Waals surface area contributed by atoms with E-state index in [1.807, 2.05) is 6.20 Å². The van der Waals surface area contributed by atoms with Gasteiger partial charge in [0.1, 0.15) is 6.54 Å². The first-order valence-corrected chi connectivity index (χ1v) is 7.07. The van der Waals surface area contributed by atoms with Crippen LogP contribution >= 0.6 is 0 Å². The molecule has 116 valence electrons. The maximum absolute atomic E-state index is 5.21. The quantitative estimate of drug-likeness (QED) is 0.679. The first-order chi connectivity index (χ1) is 10.2. The molecule has 0 saturated heterocycles. The van der Waals surface area contributed by atoms with Crippen molar-refractivity contribution < 1.29 is 9.26 Å². The van der Waals surface area contributed by atoms with Crippen molar-refractivity contribution in [2.45, 2.75) is 33.4 Å². The fourth-order valence-corrected chi connectivity index (χ4v) is 1.83. The van der Waals surface area contributed by atoms with Gasteiger partial charge in [0.25, 0.3) is 0 Å². The third-order valence-corrected chi connectivity index (χ3v) is 2.77. The number of ether oxygens (including phenoxy) is 1. The largest absolute Gasteiger partial charge is 0.383 e. The maximum Gasteiger partial charge on any atom is 0.248 e. The van der Waals surface area contributed by atoms with E-state index in [2.05, 4.69) is 39.6 Å². The van der Waals surface area contributed by atoms with Gasteiger partial charge in [-0.3, -0.25) is 0 Å². The lowest BCUT2D eigenvalue weighted by atomic mass is 10.1. The van der Waals surface area contributed by atoms with Gasteiger partial charge in [0.15, 0.2) is 5.82 Å². The van der Waals surface area contributed by atoms with Crippen LogP contribution in [0.3, 0.4) is 0 Å². The van der Waals surface area contributed by atoms with Crippen LogP contribution < -0.4 is 5.32 Å². The molecule has 0 bridgehead atoms. The summed E-state index contributed by atoms with van der Waals surface area (Å²) in [5.74, 6) is 1.79. The molecular formula is C13H22N6O2. The summed E-state index contributed by atoms with van der Waals surface area (Å²) in [5, 5.41) is 15.3. The van der Waals surface area contributed by atoms with E-state index in [4.69, 9.17) is 9.26 Å². The van der Waals surface area contributed by atoms with Gasteiger partial charge in [-0.15, -0.1) is 5.10 Å². The van der Waals surface area contributed by atoms with Crippen LogP contribution in [-0.2, 0) is 24.2 Å². The molecule has 0 fully saturated rings. The summed E-state index contributed by atoms with van der Waals surface area (Å²) in [6, 6.07) is 0. The SMILES string of the molecule is COCCNCc1cn(Cc2nc(CC(C)C)no2)nn1. The molecule has 2 aromatic heterocycles. The van der Waals surface area contributed by atoms with Crippen molar-refractivity contribution >= 4 is 0 Å². The second kappa shape index (κ2) is 7.84. The van der Waals surface area contributed by atoms with Gasteiger partial charge in [0.2, 0.25) is 5.89 Å². The first-order valence-electron chi connectivity index (χ1n) is 7.07. The van der Waals surface area contributed by atoms with Crippen molar-refractivity contribution in [2.75, 3.05) is 20.3 Å². The molecule has 0 unspecified atom stereocenters. The maximum atomic E-state index is 5.21. The van der Waals surface area contributed by atoms with Crippen molar-refractivity contribution in [1.29, 1.82) is 0 Å². The molecule has 2 aromatic rings. The van der Waals surface area contributed by atoms with Crippen LogP contribution in [0.25, 0.3) is 0 Å². The third kappa shape index (κ3) is 5.24. The van der Waals surface area contributed by atoms with Crippen molar-refractivity contribution in [3.8, 4) is 0 Å². The molecule has 8 nitrogen and oxygen atoms in total. The van der Waals surface area contributed by atoms with Gasteiger partial charge in [0.05, 0.1) is 18.5 Å². The molecule has 0 aliphatic carbocycles. The average Bonchev–Trinajstić information content (AvgIpc) is 3.05. The molecule has 0 spiro atoms. The van der Waals surface area contributed by atoms with Gasteiger partial charge in [-0.1, -0.05) is 24.2 Å². The van der Waals surface area contributed by atoms with E-state index in [0.29, 0.717) is 31.5 Å². The van der Waals surface area contributed by atoms with Crippen molar-refractivity contribution in [3.63, 3.8) is 0 Å². The highest BCUT2D eigenvalue weighted by molar-refractivity contribution is 4.94. The summed E-state index contributed by atoms with van der Waals surface area (Å²) in [5.41, 5.74) is 0.869. The van der Waals surface area contributed by atoms with Gasteiger partial charge in [-0.2, -0.15) is 4.98 Å². The van der Waals surface area contributed by atoms with Crippen LogP contribution in [0.5, 0.6) is 0 Å². The number of nitrogens with one attached hydrogen (secondary N) is 1. The second-order valence-corrected chi connectivity index (χ2v) is 5.28. The van der Waals surface area contributed by atoms with E-state index in [1.165, 1.54) is 0 Å². The molecule has 0 aliphatic heterocycles. The molecule has 0 amide bonds. The summed E-state index contributed by atoms with van der Waals surface area (Å²) >= 11 is 0. The fourth-order valence-electron chi connectivity index (χ4n) is 1.83. The van der Waals surface area contributed by atoms with Crippen molar-refractivity contribution in [1.82, 2.24) is 30.5 Å². The Kier molecular flexibility index (Phi) is 5.82. The zero-order chi connectivity index (χ0) is 15.1. The van der Waals surface area contributed by atoms with E-state index >= 15 is 0 Å². The van der Waals surface area contributed by atoms with Gasteiger partial charge in [0, 0.05) is 26.6 Å². The highest BCUT2D eigenvalue weighted by atomic mass is 16.5. The molecular weight excluding hydrogens is 272 g/mol. The molecule has 2 heterocycles. The minimum Gasteiger partial charge on any atom is -0.383 e. The zero-order valence-electron chi connectivity index (χ0n) is 12.7. The normalized spacial score (nSPS) is 11.4. The molecule has 0 aliphatic rings. The predicted octanol–water partition coefficient (Wildman–Crippen LogP) is 0.644. The third-order valence-electron chi connectivity index (χ3n) is 2.77. The van der Waals surface area contributed by atoms with Crippen molar-refractivity contribution in [3.05, 3.63) is 23.6 Å². The number of hydrogen-bond donors (Lipinski definition) is 1. The molecule has 0 aromatic carbocycles. The average molecular weight is 294 g/mol. The van der Waals surface area contributed by atoms with Crippen LogP contribution in [0, 0.1) is 5.92 Å². The molecule has 1 N–H and O–H groups in total. The lowest BCUT2D eigenvalue weighted by Gasteiger charge is -1.99. The van der Waals surface area contributed by atoms with Crippen LogP contribution in [0.4, 0.5) is 0 Å². The zero-order valence-corrected chi connectivity index (χ0v) is 12.7. The number of aromatic nitrogens is 5. The van der Waals surface area contributed by atoms with E-state index < -0.39 is 0 Å². The van der Waals surface area contributed by atoms with Crippen LogP contribution in [0.2, 0.25) is 0 Å². The Morgan fingerprint density at radius 2 is 2.29 bits per heavy atom. The number of nitrogens with zero attached hydrogens (tertiary/aromatic N) is 5. The second-order valence-electron chi connectivity index (χ2n) is 5.28. The number of methoxy groups -OCH3 is 1. The Bertz CT molecular complexity index is 536. The van der Waals surface area contributed by atoms with Crippen molar-refractivity contribution in [2.24, 2.45) is 5.92 Å². The molecule has 0 saturated carbocycles. The Morgan fingerprint density at radius 1 is 1.43 bits per heavy atom. The van der Waals surface area contributed by atoms with Gasteiger partial charge in [-0.05, 0) is 5.92 Å². The van der Waals surface area contributed by atoms with E-state index in [0.717, 1.165) is 24.5 Å². The number of rotatable bonds is 9. The van der Waals surface area contributed by atoms with Gasteiger partial charge in [-0.25, -0.2) is 4.68 Å².